The predicted molar refractivity (Wildman–Crippen MR) is 106 cm³/mol. The standard InChI is InChI=1S/C22H24N2O3/c1-6-27-22(26)20-15(4)23-18(21(20)25)12-17-11-14(3)24(16(17)5)19-10-8-7-9-13(19)2/h7-12,20H,6H2,1-5H3/b18-12+. The Morgan fingerprint density at radius 2 is 1.93 bits per heavy atom. The third kappa shape index (κ3) is 3.37. The van der Waals surface area contributed by atoms with E-state index in [0.29, 0.717) is 11.4 Å². The van der Waals surface area contributed by atoms with Crippen LogP contribution >= 0.6 is 0 Å². The molecular formula is C22H24N2O3. The summed E-state index contributed by atoms with van der Waals surface area (Å²) in [5.74, 6) is -1.75. The second kappa shape index (κ2) is 7.35. The van der Waals surface area contributed by atoms with Gasteiger partial charge in [0.25, 0.3) is 0 Å². The molecule has 0 aliphatic carbocycles. The molecule has 2 aromatic rings. The molecule has 1 aromatic carbocycles. The summed E-state index contributed by atoms with van der Waals surface area (Å²) in [5, 5.41) is 0. The largest absolute Gasteiger partial charge is 0.465 e. The smallest absolute Gasteiger partial charge is 0.322 e. The van der Waals surface area contributed by atoms with Crippen LogP contribution in [0.25, 0.3) is 11.8 Å². The lowest BCUT2D eigenvalue weighted by Gasteiger charge is -2.12. The molecule has 0 fully saturated rings. The van der Waals surface area contributed by atoms with E-state index in [1.54, 1.807) is 19.9 Å². The quantitative estimate of drug-likeness (QED) is 0.469. The third-order valence-corrected chi connectivity index (χ3v) is 4.87. The summed E-state index contributed by atoms with van der Waals surface area (Å²) in [5.41, 5.74) is 6.08. The van der Waals surface area contributed by atoms with E-state index < -0.39 is 11.9 Å². The summed E-state index contributed by atoms with van der Waals surface area (Å²) >= 11 is 0. The number of Topliss-reactive ketones (excluding diaryl/α,β-unsaturated/α-hetero) is 1. The van der Waals surface area contributed by atoms with Gasteiger partial charge in [-0.2, -0.15) is 0 Å². The molecule has 27 heavy (non-hydrogen) atoms. The molecule has 0 saturated carbocycles. The van der Waals surface area contributed by atoms with Crippen molar-refractivity contribution in [2.24, 2.45) is 10.9 Å². The molecule has 0 spiro atoms. The van der Waals surface area contributed by atoms with Crippen molar-refractivity contribution >= 4 is 23.5 Å². The molecule has 3 rings (SSSR count). The van der Waals surface area contributed by atoms with Crippen LogP contribution in [-0.4, -0.2) is 28.6 Å². The normalized spacial score (nSPS) is 18.1. The van der Waals surface area contributed by atoms with Crippen molar-refractivity contribution in [2.45, 2.75) is 34.6 Å². The molecule has 0 amide bonds. The second-order valence-electron chi connectivity index (χ2n) is 6.78. The van der Waals surface area contributed by atoms with Gasteiger partial charge in [-0.1, -0.05) is 18.2 Å². The molecule has 0 N–H and O–H groups in total. The molecule has 0 saturated heterocycles. The molecule has 5 nitrogen and oxygen atoms in total. The number of nitrogens with zero attached hydrogens (tertiary/aromatic N) is 2. The van der Waals surface area contributed by atoms with Gasteiger partial charge < -0.3 is 9.30 Å². The van der Waals surface area contributed by atoms with Gasteiger partial charge in [0.2, 0.25) is 5.78 Å². The summed E-state index contributed by atoms with van der Waals surface area (Å²) in [6, 6.07) is 10.2. The van der Waals surface area contributed by atoms with Crippen LogP contribution in [0.4, 0.5) is 0 Å². The molecule has 0 radical (unpaired) electrons. The molecule has 1 aliphatic heterocycles. The van der Waals surface area contributed by atoms with Gasteiger partial charge in [0.1, 0.15) is 5.70 Å². The van der Waals surface area contributed by atoms with Crippen LogP contribution < -0.4 is 0 Å². The lowest BCUT2D eigenvalue weighted by atomic mass is 10.0. The zero-order valence-electron chi connectivity index (χ0n) is 16.4. The minimum Gasteiger partial charge on any atom is -0.465 e. The van der Waals surface area contributed by atoms with Gasteiger partial charge in [-0.05, 0) is 64.0 Å². The molecule has 1 unspecified atom stereocenters. The number of benzene rings is 1. The van der Waals surface area contributed by atoms with Crippen molar-refractivity contribution in [3.63, 3.8) is 0 Å². The number of hydrogen-bond donors (Lipinski definition) is 0. The van der Waals surface area contributed by atoms with E-state index in [0.717, 1.165) is 22.6 Å². The van der Waals surface area contributed by atoms with Crippen LogP contribution in [0.3, 0.4) is 0 Å². The number of carbonyl (C=O) groups excluding carboxylic acids is 2. The number of esters is 1. The highest BCUT2D eigenvalue weighted by molar-refractivity contribution is 6.28. The highest BCUT2D eigenvalue weighted by Gasteiger charge is 2.38. The fourth-order valence-electron chi connectivity index (χ4n) is 3.52. The van der Waals surface area contributed by atoms with Crippen molar-refractivity contribution < 1.29 is 14.3 Å². The van der Waals surface area contributed by atoms with E-state index in [1.165, 1.54) is 5.56 Å². The molecule has 1 aromatic heterocycles. The maximum absolute atomic E-state index is 12.7. The van der Waals surface area contributed by atoms with Crippen LogP contribution in [0.1, 0.15) is 36.4 Å². The minimum absolute atomic E-state index is 0.243. The van der Waals surface area contributed by atoms with Crippen molar-refractivity contribution in [1.82, 2.24) is 4.57 Å². The van der Waals surface area contributed by atoms with E-state index >= 15 is 0 Å². The van der Waals surface area contributed by atoms with Crippen LogP contribution in [-0.2, 0) is 14.3 Å². The van der Waals surface area contributed by atoms with Crippen molar-refractivity contribution in [2.75, 3.05) is 6.61 Å². The SMILES string of the molecule is CCOC(=O)C1C(=O)/C(=C\c2cc(C)n(-c3ccccc3C)c2C)N=C1C. The number of para-hydroxylation sites is 1. The first-order chi connectivity index (χ1) is 12.8. The Balaban J connectivity index is 2.00. The van der Waals surface area contributed by atoms with Gasteiger partial charge >= 0.3 is 5.97 Å². The minimum atomic E-state index is -0.920. The Morgan fingerprint density at radius 1 is 1.22 bits per heavy atom. The third-order valence-electron chi connectivity index (χ3n) is 4.87. The molecule has 1 atom stereocenters. The van der Waals surface area contributed by atoms with Gasteiger partial charge in [-0.25, -0.2) is 0 Å². The number of carbonyl (C=O) groups is 2. The van der Waals surface area contributed by atoms with E-state index in [9.17, 15) is 9.59 Å². The Hall–Kier alpha value is -2.95. The number of ether oxygens (including phenoxy) is 1. The van der Waals surface area contributed by atoms with E-state index in [4.69, 9.17) is 4.74 Å². The van der Waals surface area contributed by atoms with Crippen LogP contribution in [0.15, 0.2) is 41.0 Å². The van der Waals surface area contributed by atoms with Gasteiger partial charge in [0, 0.05) is 22.8 Å². The first-order valence-corrected chi connectivity index (χ1v) is 9.07. The summed E-state index contributed by atoms with van der Waals surface area (Å²) in [4.78, 5) is 29.1. The Labute approximate surface area is 159 Å². The van der Waals surface area contributed by atoms with Crippen molar-refractivity contribution in [3.8, 4) is 5.69 Å². The van der Waals surface area contributed by atoms with Gasteiger partial charge in [-0.3, -0.25) is 14.6 Å². The number of aryl methyl sites for hydroxylation is 2. The van der Waals surface area contributed by atoms with Crippen molar-refractivity contribution in [3.05, 3.63) is 58.5 Å². The van der Waals surface area contributed by atoms with Gasteiger partial charge in [0.15, 0.2) is 5.92 Å². The van der Waals surface area contributed by atoms with Crippen LogP contribution in [0, 0.1) is 26.7 Å². The molecule has 140 valence electrons. The zero-order chi connectivity index (χ0) is 19.7. The maximum Gasteiger partial charge on any atom is 0.322 e. The fourth-order valence-corrected chi connectivity index (χ4v) is 3.52. The Morgan fingerprint density at radius 3 is 2.59 bits per heavy atom. The predicted octanol–water partition coefficient (Wildman–Crippen LogP) is 3.97. The lowest BCUT2D eigenvalue weighted by Crippen LogP contribution is -2.28. The van der Waals surface area contributed by atoms with Crippen molar-refractivity contribution in [1.29, 1.82) is 0 Å². The Kier molecular flexibility index (Phi) is 5.13. The first kappa shape index (κ1) is 18.8. The Bertz CT molecular complexity index is 979. The molecule has 5 heteroatoms. The molecule has 1 aliphatic rings. The molecule has 0 bridgehead atoms. The monoisotopic (exact) mass is 364 g/mol. The number of aromatic nitrogens is 1. The number of rotatable bonds is 4. The number of hydrogen-bond acceptors (Lipinski definition) is 4. The number of aliphatic imine (C=N–C) groups is 1. The van der Waals surface area contributed by atoms with E-state index in [2.05, 4.69) is 28.6 Å². The number of ketones is 1. The average Bonchev–Trinajstić information content (AvgIpc) is 3.04. The number of allylic oxidation sites excluding steroid dienone is 1. The van der Waals surface area contributed by atoms with Crippen LogP contribution in [0.5, 0.6) is 0 Å². The van der Waals surface area contributed by atoms with E-state index in [1.807, 2.05) is 32.0 Å². The average molecular weight is 364 g/mol. The highest BCUT2D eigenvalue weighted by Crippen LogP contribution is 2.28. The molecule has 2 heterocycles. The summed E-state index contributed by atoms with van der Waals surface area (Å²) in [6.45, 7) is 9.79. The summed E-state index contributed by atoms with van der Waals surface area (Å²) in [7, 11) is 0. The zero-order valence-corrected chi connectivity index (χ0v) is 16.4. The summed E-state index contributed by atoms with van der Waals surface area (Å²) < 4.78 is 7.18. The van der Waals surface area contributed by atoms with E-state index in [-0.39, 0.29) is 12.4 Å². The van der Waals surface area contributed by atoms with Crippen LogP contribution in [0.2, 0.25) is 0 Å². The first-order valence-electron chi connectivity index (χ1n) is 9.07. The molecular weight excluding hydrogens is 340 g/mol. The lowest BCUT2D eigenvalue weighted by molar-refractivity contribution is -0.147. The maximum atomic E-state index is 12.7. The highest BCUT2D eigenvalue weighted by atomic mass is 16.5. The summed E-state index contributed by atoms with van der Waals surface area (Å²) in [6.07, 6.45) is 1.77. The topological polar surface area (TPSA) is 60.7 Å². The van der Waals surface area contributed by atoms with Gasteiger partial charge in [0.05, 0.1) is 6.61 Å². The van der Waals surface area contributed by atoms with Gasteiger partial charge in [-0.15, -0.1) is 0 Å². The second-order valence-corrected chi connectivity index (χ2v) is 6.78. The fraction of sp³-hybridized carbons (Fsp3) is 0.318.